The fourth-order valence-corrected chi connectivity index (χ4v) is 7.20. The van der Waals surface area contributed by atoms with Crippen LogP contribution in [0.3, 0.4) is 0 Å². The monoisotopic (exact) mass is 506 g/mol. The molecule has 0 N–H and O–H groups in total. The predicted octanol–water partition coefficient (Wildman–Crippen LogP) is 5.53. The number of ether oxygens (including phenoxy) is 1. The molecule has 3 aromatic rings. The van der Waals surface area contributed by atoms with Crippen molar-refractivity contribution in [2.24, 2.45) is 0 Å². The van der Waals surface area contributed by atoms with Crippen molar-refractivity contribution in [1.82, 2.24) is 4.90 Å². The third-order valence-electron chi connectivity index (χ3n) is 5.66. The molecular formula is C26H24N3O2S3+. The second kappa shape index (κ2) is 9.74. The molecule has 0 unspecified atom stereocenters. The Hall–Kier alpha value is -2.94. The molecule has 1 aromatic heterocycles. The van der Waals surface area contributed by atoms with E-state index in [-0.39, 0.29) is 12.5 Å². The first kappa shape index (κ1) is 22.8. The molecule has 0 spiro atoms. The Bertz CT molecular complexity index is 1310. The van der Waals surface area contributed by atoms with Crippen LogP contribution in [0.15, 0.2) is 98.3 Å². The predicted molar refractivity (Wildman–Crippen MR) is 141 cm³/mol. The number of carbonyl (C=O) groups is 1. The van der Waals surface area contributed by atoms with Crippen molar-refractivity contribution in [3.05, 3.63) is 104 Å². The van der Waals surface area contributed by atoms with Crippen molar-refractivity contribution >= 4 is 52.6 Å². The Labute approximate surface area is 212 Å². The average molecular weight is 507 g/mol. The molecule has 0 aliphatic carbocycles. The number of benzene rings is 2. The van der Waals surface area contributed by atoms with Gasteiger partial charge in [0.25, 0.3) is 5.01 Å². The second-order valence-electron chi connectivity index (χ2n) is 7.81. The highest BCUT2D eigenvalue weighted by Gasteiger charge is 2.35. The van der Waals surface area contributed by atoms with E-state index in [0.29, 0.717) is 0 Å². The molecule has 0 atom stereocenters. The summed E-state index contributed by atoms with van der Waals surface area (Å²) in [6.45, 7) is 5.28. The topological polar surface area (TPSA) is 36.7 Å². The Morgan fingerprint density at radius 2 is 1.88 bits per heavy atom. The average Bonchev–Trinajstić information content (AvgIpc) is 3.52. The van der Waals surface area contributed by atoms with E-state index in [0.717, 1.165) is 32.2 Å². The van der Waals surface area contributed by atoms with E-state index < -0.39 is 0 Å². The largest absolute Gasteiger partial charge is 0.468 e. The molecular weight excluding hydrogens is 483 g/mol. The molecule has 2 aliphatic rings. The third-order valence-corrected chi connectivity index (χ3v) is 9.06. The molecule has 0 saturated carbocycles. The van der Waals surface area contributed by atoms with Crippen molar-refractivity contribution in [3.8, 4) is 0 Å². The van der Waals surface area contributed by atoms with Gasteiger partial charge >= 0.3 is 5.97 Å². The number of anilines is 1. The van der Waals surface area contributed by atoms with Crippen molar-refractivity contribution in [2.45, 2.75) is 11.4 Å². The zero-order chi connectivity index (χ0) is 23.7. The highest BCUT2D eigenvalue weighted by atomic mass is 32.2. The first-order valence-electron chi connectivity index (χ1n) is 10.7. The van der Waals surface area contributed by atoms with Crippen LogP contribution >= 0.6 is 34.9 Å². The number of thioether (sulfide) groups is 2. The number of thiazole rings is 1. The summed E-state index contributed by atoms with van der Waals surface area (Å²) in [5, 5.41) is 5.28. The lowest BCUT2D eigenvalue weighted by Gasteiger charge is -2.19. The van der Waals surface area contributed by atoms with Crippen molar-refractivity contribution in [1.29, 1.82) is 0 Å². The van der Waals surface area contributed by atoms with Gasteiger partial charge in [0.05, 0.1) is 44.9 Å². The van der Waals surface area contributed by atoms with Crippen molar-refractivity contribution < 1.29 is 14.1 Å². The molecule has 172 valence electrons. The van der Waals surface area contributed by atoms with E-state index in [9.17, 15) is 4.79 Å². The Kier molecular flexibility index (Phi) is 6.54. The SMILES string of the molecule is C=C1C(=C2Sc3ccccc3N2C)SC(=Cc2scc[n+]2Cc2ccccc2)N1CC(=O)OC. The van der Waals surface area contributed by atoms with Crippen LogP contribution in [-0.2, 0) is 16.1 Å². The molecule has 2 aromatic carbocycles. The first-order chi connectivity index (χ1) is 16.5. The van der Waals surface area contributed by atoms with E-state index in [4.69, 9.17) is 4.74 Å². The van der Waals surface area contributed by atoms with Crippen molar-refractivity contribution in [3.63, 3.8) is 0 Å². The summed E-state index contributed by atoms with van der Waals surface area (Å²) in [5.74, 6) is -0.294. The summed E-state index contributed by atoms with van der Waals surface area (Å²) < 4.78 is 7.21. The summed E-state index contributed by atoms with van der Waals surface area (Å²) >= 11 is 5.07. The number of hydrogen-bond donors (Lipinski definition) is 0. The molecule has 0 amide bonds. The number of aromatic nitrogens is 1. The van der Waals surface area contributed by atoms with Crippen LogP contribution in [0.5, 0.6) is 0 Å². The number of esters is 1. The summed E-state index contributed by atoms with van der Waals surface area (Å²) in [7, 11) is 3.50. The van der Waals surface area contributed by atoms with Gasteiger partial charge in [0.15, 0.2) is 12.7 Å². The summed E-state index contributed by atoms with van der Waals surface area (Å²) in [5.41, 5.74) is 3.24. The van der Waals surface area contributed by atoms with Gasteiger partial charge in [0.2, 0.25) is 0 Å². The lowest BCUT2D eigenvalue weighted by Crippen LogP contribution is -2.34. The standard InChI is InChI=1S/C26H24N3O2S3/c1-18-25(26-27(2)20-11-7-8-12-21(20)33-26)34-23(29(18)17-24(30)31-3)15-22-28(13-14-32-22)16-19-9-5-4-6-10-19/h4-15H,1,16-17H2,2-3H3/q+1. The maximum atomic E-state index is 12.3. The lowest BCUT2D eigenvalue weighted by molar-refractivity contribution is -0.685. The van der Waals surface area contributed by atoms with Gasteiger partial charge in [0.1, 0.15) is 6.54 Å². The van der Waals surface area contributed by atoms with E-state index in [1.165, 1.54) is 23.3 Å². The van der Waals surface area contributed by atoms with E-state index >= 15 is 0 Å². The maximum Gasteiger partial charge on any atom is 0.325 e. The van der Waals surface area contributed by atoms with E-state index in [1.54, 1.807) is 34.9 Å². The fraction of sp³-hybridized carbons (Fsp3) is 0.154. The second-order valence-corrected chi connectivity index (χ2v) is 10.8. The Morgan fingerprint density at radius 1 is 1.12 bits per heavy atom. The normalized spacial score (nSPS) is 18.6. The van der Waals surface area contributed by atoms with Gasteiger partial charge in [-0.3, -0.25) is 4.79 Å². The quantitative estimate of drug-likeness (QED) is 0.335. The zero-order valence-corrected chi connectivity index (χ0v) is 21.4. The maximum absolute atomic E-state index is 12.3. The minimum atomic E-state index is -0.294. The minimum Gasteiger partial charge on any atom is -0.468 e. The van der Waals surface area contributed by atoms with E-state index in [2.05, 4.69) is 89.3 Å². The lowest BCUT2D eigenvalue weighted by atomic mass is 10.2. The highest BCUT2D eigenvalue weighted by molar-refractivity contribution is 8.09. The van der Waals surface area contributed by atoms with E-state index in [1.807, 2.05) is 11.0 Å². The van der Waals surface area contributed by atoms with Gasteiger partial charge in [-0.15, -0.1) is 0 Å². The Morgan fingerprint density at radius 3 is 2.65 bits per heavy atom. The van der Waals surface area contributed by atoms with Gasteiger partial charge in [-0.1, -0.05) is 83.9 Å². The van der Waals surface area contributed by atoms with Gasteiger partial charge < -0.3 is 14.5 Å². The van der Waals surface area contributed by atoms with Gasteiger partial charge in [0, 0.05) is 17.5 Å². The number of para-hydroxylation sites is 1. The highest BCUT2D eigenvalue weighted by Crippen LogP contribution is 2.54. The molecule has 34 heavy (non-hydrogen) atoms. The van der Waals surface area contributed by atoms with Crippen LogP contribution in [0.25, 0.3) is 6.08 Å². The summed E-state index contributed by atoms with van der Waals surface area (Å²) in [4.78, 5) is 18.7. The van der Waals surface area contributed by atoms with Crippen LogP contribution in [0.4, 0.5) is 5.69 Å². The minimum absolute atomic E-state index is 0.121. The molecule has 3 heterocycles. The number of methoxy groups -OCH3 is 1. The molecule has 2 aliphatic heterocycles. The molecule has 8 heteroatoms. The number of nitrogens with zero attached hydrogens (tertiary/aromatic N) is 3. The summed E-state index contributed by atoms with van der Waals surface area (Å²) in [6.07, 6.45) is 4.24. The molecule has 5 rings (SSSR count). The van der Waals surface area contributed by atoms with Crippen molar-refractivity contribution in [2.75, 3.05) is 25.6 Å². The number of rotatable bonds is 5. The number of hydrogen-bond acceptors (Lipinski definition) is 7. The number of fused-ring (bicyclic) bond motifs is 1. The Balaban J connectivity index is 1.51. The zero-order valence-electron chi connectivity index (χ0n) is 18.9. The molecule has 1 fully saturated rings. The van der Waals surface area contributed by atoms with Crippen LogP contribution in [0.2, 0.25) is 0 Å². The first-order valence-corrected chi connectivity index (χ1v) is 13.3. The van der Waals surface area contributed by atoms with Gasteiger partial charge in [-0.05, 0) is 12.1 Å². The van der Waals surface area contributed by atoms with Gasteiger partial charge in [-0.25, -0.2) is 0 Å². The summed E-state index contributed by atoms with van der Waals surface area (Å²) in [6, 6.07) is 18.8. The molecule has 1 saturated heterocycles. The van der Waals surface area contributed by atoms with Crippen LogP contribution in [0, 0.1) is 0 Å². The third kappa shape index (κ3) is 4.41. The van der Waals surface area contributed by atoms with Crippen LogP contribution < -0.4 is 9.47 Å². The van der Waals surface area contributed by atoms with Crippen LogP contribution in [0.1, 0.15) is 10.6 Å². The molecule has 0 bridgehead atoms. The molecule has 0 radical (unpaired) electrons. The van der Waals surface area contributed by atoms with Crippen LogP contribution in [-0.4, -0.2) is 31.6 Å². The molecule has 5 nitrogen and oxygen atoms in total. The fourth-order valence-electron chi connectivity index (χ4n) is 3.86. The number of carbonyl (C=O) groups excluding carboxylic acids is 1. The smallest absolute Gasteiger partial charge is 0.325 e. The van der Waals surface area contributed by atoms with Gasteiger partial charge in [-0.2, -0.15) is 4.57 Å².